The molecule has 0 radical (unpaired) electrons. The molecule has 4 N–H and O–H groups in total. The van der Waals surface area contributed by atoms with Crippen LogP contribution in [0.3, 0.4) is 0 Å². The predicted octanol–water partition coefficient (Wildman–Crippen LogP) is 1.32. The molecule has 18 heavy (non-hydrogen) atoms. The normalized spacial score (nSPS) is 15.8. The molecule has 0 amide bonds. The second kappa shape index (κ2) is 6.79. The van der Waals surface area contributed by atoms with Crippen LogP contribution >= 0.6 is 0 Å². The molecular weight excluding hydrogens is 251 g/mol. The summed E-state index contributed by atoms with van der Waals surface area (Å²) in [6, 6.07) is 0. The maximum atomic E-state index is 12.6. The molecule has 0 rings (SSSR count). The topological polar surface area (TPSA) is 79.9 Å². The fraction of sp³-hybridized carbons (Fsp3) is 0.900. The number of rotatable bonds is 7. The van der Waals surface area contributed by atoms with Gasteiger partial charge in [0.25, 0.3) is 0 Å². The van der Waals surface area contributed by atoms with Crippen LogP contribution in [0.1, 0.15) is 20.8 Å². The van der Waals surface area contributed by atoms with Crippen molar-refractivity contribution in [2.75, 3.05) is 19.7 Å². The number of oxime groups is 1. The maximum Gasteiger partial charge on any atom is 0.400 e. The number of hydrogen-bond acceptors (Lipinski definition) is 4. The van der Waals surface area contributed by atoms with Crippen LogP contribution in [0, 0.1) is 5.92 Å². The highest BCUT2D eigenvalue weighted by molar-refractivity contribution is 5.83. The van der Waals surface area contributed by atoms with Crippen molar-refractivity contribution in [3.05, 3.63) is 0 Å². The van der Waals surface area contributed by atoms with Gasteiger partial charge in [0.2, 0.25) is 0 Å². The zero-order valence-corrected chi connectivity index (χ0v) is 10.7. The number of nitrogens with one attached hydrogen (secondary N) is 1. The Balaban J connectivity index is 4.39. The van der Waals surface area contributed by atoms with E-state index in [4.69, 9.17) is 15.7 Å². The van der Waals surface area contributed by atoms with Gasteiger partial charge < -0.3 is 21.0 Å². The lowest BCUT2D eigenvalue weighted by Crippen LogP contribution is -2.46. The number of nitrogens with two attached hydrogens (primary N) is 1. The van der Waals surface area contributed by atoms with E-state index < -0.39 is 30.1 Å². The quantitative estimate of drug-likeness (QED) is 0.282. The summed E-state index contributed by atoms with van der Waals surface area (Å²) in [5, 5.41) is 13.3. The third-order valence-electron chi connectivity index (χ3n) is 2.30. The van der Waals surface area contributed by atoms with Crippen molar-refractivity contribution in [1.82, 2.24) is 5.32 Å². The number of alkyl halides is 3. The summed E-state index contributed by atoms with van der Waals surface area (Å²) < 4.78 is 43.1. The van der Waals surface area contributed by atoms with E-state index >= 15 is 0 Å². The first kappa shape index (κ1) is 17.0. The van der Waals surface area contributed by atoms with Crippen LogP contribution in [0.4, 0.5) is 13.2 Å². The molecule has 0 bridgehead atoms. The summed E-state index contributed by atoms with van der Waals surface area (Å²) in [6.07, 6.45) is -4.56. The number of nitrogens with zero attached hydrogens (tertiary/aromatic N) is 1. The molecule has 0 heterocycles. The number of hydrogen-bond donors (Lipinski definition) is 3. The highest BCUT2D eigenvalue weighted by atomic mass is 19.4. The first-order valence-electron chi connectivity index (χ1n) is 5.53. The maximum absolute atomic E-state index is 12.6. The van der Waals surface area contributed by atoms with Crippen molar-refractivity contribution in [3.63, 3.8) is 0 Å². The highest BCUT2D eigenvalue weighted by Crippen LogP contribution is 2.26. The Kier molecular flexibility index (Phi) is 6.41. The van der Waals surface area contributed by atoms with Gasteiger partial charge in [-0.25, -0.2) is 0 Å². The summed E-state index contributed by atoms with van der Waals surface area (Å²) in [6.45, 7) is 5.56. The van der Waals surface area contributed by atoms with Gasteiger partial charge in [0.15, 0.2) is 5.84 Å². The lowest BCUT2D eigenvalue weighted by atomic mass is 10.1. The molecular formula is C10H20F3N3O2. The second-order valence-corrected chi connectivity index (χ2v) is 4.44. The average molecular weight is 271 g/mol. The monoisotopic (exact) mass is 271 g/mol. The van der Waals surface area contributed by atoms with Gasteiger partial charge in [-0.15, -0.1) is 0 Å². The van der Waals surface area contributed by atoms with E-state index in [2.05, 4.69) is 10.5 Å². The minimum atomic E-state index is -4.56. The van der Waals surface area contributed by atoms with E-state index in [1.165, 1.54) is 0 Å². The fourth-order valence-electron chi connectivity index (χ4n) is 1.42. The standard InChI is InChI=1S/C10H20F3N3O2/c1-4-18-9(2,3)6-15-5-7(8(14)16-17)10(11,12)13/h7,15,17H,4-6H2,1-3H3,(H2,14,16). The lowest BCUT2D eigenvalue weighted by molar-refractivity contribution is -0.155. The molecule has 0 saturated heterocycles. The molecule has 0 aliphatic heterocycles. The summed E-state index contributed by atoms with van der Waals surface area (Å²) in [4.78, 5) is 0. The van der Waals surface area contributed by atoms with E-state index in [1.807, 2.05) is 0 Å². The average Bonchev–Trinajstić information content (AvgIpc) is 2.21. The second-order valence-electron chi connectivity index (χ2n) is 4.44. The van der Waals surface area contributed by atoms with Crippen LogP contribution in [0.15, 0.2) is 5.16 Å². The third-order valence-corrected chi connectivity index (χ3v) is 2.30. The van der Waals surface area contributed by atoms with E-state index in [0.29, 0.717) is 6.61 Å². The van der Waals surface area contributed by atoms with Crippen molar-refractivity contribution in [2.24, 2.45) is 16.8 Å². The Labute approximate surface area is 104 Å². The van der Waals surface area contributed by atoms with E-state index in [1.54, 1.807) is 20.8 Å². The molecule has 0 fully saturated rings. The summed E-state index contributed by atoms with van der Waals surface area (Å²) in [5.41, 5.74) is 4.45. The molecule has 108 valence electrons. The van der Waals surface area contributed by atoms with Crippen molar-refractivity contribution < 1.29 is 23.1 Å². The van der Waals surface area contributed by atoms with Crippen LogP contribution in [0.25, 0.3) is 0 Å². The van der Waals surface area contributed by atoms with Crippen molar-refractivity contribution >= 4 is 5.84 Å². The van der Waals surface area contributed by atoms with Gasteiger partial charge in [0, 0.05) is 19.7 Å². The van der Waals surface area contributed by atoms with Crippen LogP contribution < -0.4 is 11.1 Å². The molecule has 8 heteroatoms. The highest BCUT2D eigenvalue weighted by Gasteiger charge is 2.42. The predicted molar refractivity (Wildman–Crippen MR) is 61.5 cm³/mol. The molecule has 0 saturated carbocycles. The third kappa shape index (κ3) is 6.06. The summed E-state index contributed by atoms with van der Waals surface area (Å²) in [7, 11) is 0. The minimum Gasteiger partial charge on any atom is -0.409 e. The first-order valence-corrected chi connectivity index (χ1v) is 5.53. The van der Waals surface area contributed by atoms with E-state index in [9.17, 15) is 13.2 Å². The Morgan fingerprint density at radius 3 is 2.39 bits per heavy atom. The number of halogens is 3. The minimum absolute atomic E-state index is 0.228. The molecule has 0 aromatic carbocycles. The SMILES string of the molecule is CCOC(C)(C)CNCC(C(N)=NO)C(F)(F)F. The smallest absolute Gasteiger partial charge is 0.400 e. The Morgan fingerprint density at radius 2 is 2.00 bits per heavy atom. The van der Waals surface area contributed by atoms with Crippen molar-refractivity contribution in [2.45, 2.75) is 32.5 Å². The van der Waals surface area contributed by atoms with Crippen LogP contribution in [-0.2, 0) is 4.74 Å². The molecule has 0 aliphatic carbocycles. The van der Waals surface area contributed by atoms with Crippen LogP contribution in [0.5, 0.6) is 0 Å². The van der Waals surface area contributed by atoms with Crippen molar-refractivity contribution in [1.29, 1.82) is 0 Å². The lowest BCUT2D eigenvalue weighted by Gasteiger charge is -2.27. The van der Waals surface area contributed by atoms with Crippen molar-refractivity contribution in [3.8, 4) is 0 Å². The van der Waals surface area contributed by atoms with Gasteiger partial charge in [-0.1, -0.05) is 5.16 Å². The summed E-state index contributed by atoms with van der Waals surface area (Å²) in [5.74, 6) is -2.87. The van der Waals surface area contributed by atoms with Gasteiger partial charge in [-0.2, -0.15) is 13.2 Å². The van der Waals surface area contributed by atoms with Gasteiger partial charge in [-0.05, 0) is 20.8 Å². The largest absolute Gasteiger partial charge is 0.409 e. The fourth-order valence-corrected chi connectivity index (χ4v) is 1.42. The first-order chi connectivity index (χ1) is 8.14. The molecule has 1 atom stereocenters. The van der Waals surface area contributed by atoms with E-state index in [-0.39, 0.29) is 6.54 Å². The zero-order chi connectivity index (χ0) is 14.4. The Hall–Kier alpha value is -1.02. The molecule has 0 aromatic heterocycles. The summed E-state index contributed by atoms with van der Waals surface area (Å²) >= 11 is 0. The van der Waals surface area contributed by atoms with Gasteiger partial charge >= 0.3 is 6.18 Å². The van der Waals surface area contributed by atoms with Gasteiger partial charge in [-0.3, -0.25) is 0 Å². The number of amidine groups is 1. The van der Waals surface area contributed by atoms with Crippen LogP contribution in [0.2, 0.25) is 0 Å². The molecule has 0 aliphatic rings. The zero-order valence-electron chi connectivity index (χ0n) is 10.7. The molecule has 1 unspecified atom stereocenters. The molecule has 5 nitrogen and oxygen atoms in total. The molecule has 0 aromatic rings. The Bertz CT molecular complexity index is 280. The Morgan fingerprint density at radius 1 is 1.44 bits per heavy atom. The number of ether oxygens (including phenoxy) is 1. The molecule has 0 spiro atoms. The van der Waals surface area contributed by atoms with Gasteiger partial charge in [0.05, 0.1) is 5.60 Å². The van der Waals surface area contributed by atoms with E-state index in [0.717, 1.165) is 0 Å². The van der Waals surface area contributed by atoms with Crippen LogP contribution in [-0.4, -0.2) is 42.5 Å². The van der Waals surface area contributed by atoms with Gasteiger partial charge in [0.1, 0.15) is 5.92 Å².